The lowest BCUT2D eigenvalue weighted by molar-refractivity contribution is -0.145. The molecule has 35 heavy (non-hydrogen) atoms. The van der Waals surface area contributed by atoms with Crippen LogP contribution in [0.2, 0.25) is 5.02 Å². The fourth-order valence-electron chi connectivity index (χ4n) is 2.71. The van der Waals surface area contributed by atoms with Crippen LogP contribution in [0.3, 0.4) is 0 Å². The molecule has 192 valence electrons. The number of benzene rings is 2. The Morgan fingerprint density at radius 2 is 1.57 bits per heavy atom. The molecule has 2 aromatic carbocycles. The molecule has 2 rings (SSSR count). The van der Waals surface area contributed by atoms with Crippen LogP contribution in [0.1, 0.15) is 24.2 Å². The average Bonchev–Trinajstić information content (AvgIpc) is 2.75. The molecule has 0 amide bonds. The SMILES string of the molecule is CC(C)[C@H](NS(=O)(=O)c1ccc(Cl)cc1)C(=O)OCC(=O)c1ccc(OC(F)F)cc1OC(F)F. The molecule has 14 heteroatoms. The Hall–Kier alpha value is -2.90. The first kappa shape index (κ1) is 28.3. The minimum Gasteiger partial charge on any atom is -0.456 e. The van der Waals surface area contributed by atoms with Crippen LogP contribution in [0, 0.1) is 5.92 Å². The Bertz CT molecular complexity index is 1140. The maximum absolute atomic E-state index is 12.7. The summed E-state index contributed by atoms with van der Waals surface area (Å²) in [6, 6.07) is 6.19. The van der Waals surface area contributed by atoms with Gasteiger partial charge in [0.25, 0.3) is 0 Å². The number of ketones is 1. The Morgan fingerprint density at radius 3 is 2.11 bits per heavy atom. The van der Waals surface area contributed by atoms with Crippen LogP contribution in [0.4, 0.5) is 17.6 Å². The van der Waals surface area contributed by atoms with Gasteiger partial charge in [0.15, 0.2) is 6.61 Å². The van der Waals surface area contributed by atoms with Crippen molar-refractivity contribution in [2.24, 2.45) is 5.92 Å². The lowest BCUT2D eigenvalue weighted by Gasteiger charge is -2.21. The molecular weight excluding hydrogens is 522 g/mol. The van der Waals surface area contributed by atoms with Crippen molar-refractivity contribution in [2.75, 3.05) is 6.61 Å². The van der Waals surface area contributed by atoms with Crippen molar-refractivity contribution in [3.63, 3.8) is 0 Å². The highest BCUT2D eigenvalue weighted by molar-refractivity contribution is 7.89. The normalized spacial score (nSPS) is 12.6. The number of halogens is 5. The van der Waals surface area contributed by atoms with Gasteiger partial charge < -0.3 is 14.2 Å². The predicted molar refractivity (Wildman–Crippen MR) is 115 cm³/mol. The van der Waals surface area contributed by atoms with Crippen molar-refractivity contribution in [1.82, 2.24) is 4.72 Å². The standard InChI is InChI=1S/C21H20ClF4NO7S/c1-11(2)18(27-35(30,31)14-6-3-12(22)4-7-14)19(29)32-10-16(28)15-8-5-13(33-20(23)24)9-17(15)34-21(25)26/h3-9,11,18,20-21,27H,10H2,1-2H3/t18-/m0/s1. The topological polar surface area (TPSA) is 108 Å². The molecule has 8 nitrogen and oxygen atoms in total. The number of sulfonamides is 1. The second-order valence-electron chi connectivity index (χ2n) is 7.24. The van der Waals surface area contributed by atoms with Gasteiger partial charge in [-0.25, -0.2) is 8.42 Å². The first-order valence-electron chi connectivity index (χ1n) is 9.81. The van der Waals surface area contributed by atoms with E-state index in [-0.39, 0.29) is 4.90 Å². The predicted octanol–water partition coefficient (Wildman–Crippen LogP) is 4.27. The third-order valence-corrected chi connectivity index (χ3v) is 6.08. The van der Waals surface area contributed by atoms with Gasteiger partial charge in [-0.15, -0.1) is 0 Å². The van der Waals surface area contributed by atoms with Crippen LogP contribution >= 0.6 is 11.6 Å². The van der Waals surface area contributed by atoms with Crippen LogP contribution in [-0.2, 0) is 19.6 Å². The molecule has 0 unspecified atom stereocenters. The molecule has 0 saturated heterocycles. The summed E-state index contributed by atoms with van der Waals surface area (Å²) >= 11 is 5.75. The summed E-state index contributed by atoms with van der Waals surface area (Å²) in [4.78, 5) is 24.8. The Labute approximate surface area is 203 Å². The molecular formula is C21H20ClF4NO7S. The number of carbonyl (C=O) groups is 2. The highest BCUT2D eigenvalue weighted by atomic mass is 35.5. The van der Waals surface area contributed by atoms with Crippen molar-refractivity contribution < 1.29 is 49.8 Å². The van der Waals surface area contributed by atoms with Crippen LogP contribution < -0.4 is 14.2 Å². The molecule has 1 N–H and O–H groups in total. The average molecular weight is 542 g/mol. The van der Waals surface area contributed by atoms with Crippen molar-refractivity contribution in [2.45, 2.75) is 38.0 Å². The fourth-order valence-corrected chi connectivity index (χ4v) is 4.17. The summed E-state index contributed by atoms with van der Waals surface area (Å²) in [5.41, 5.74) is -0.498. The van der Waals surface area contributed by atoms with E-state index in [2.05, 4.69) is 14.2 Å². The van der Waals surface area contributed by atoms with Crippen LogP contribution in [0.25, 0.3) is 0 Å². The van der Waals surface area contributed by atoms with E-state index in [0.29, 0.717) is 11.1 Å². The van der Waals surface area contributed by atoms with Crippen molar-refractivity contribution in [1.29, 1.82) is 0 Å². The van der Waals surface area contributed by atoms with Gasteiger partial charge in [0.2, 0.25) is 15.8 Å². The van der Waals surface area contributed by atoms with Crippen molar-refractivity contribution in [3.8, 4) is 11.5 Å². The Kier molecular flexibility index (Phi) is 9.86. The number of ether oxygens (including phenoxy) is 3. The van der Waals surface area contributed by atoms with Gasteiger partial charge in [0, 0.05) is 11.1 Å². The summed E-state index contributed by atoms with van der Waals surface area (Å²) < 4.78 is 90.7. The van der Waals surface area contributed by atoms with E-state index in [9.17, 15) is 35.6 Å². The quantitative estimate of drug-likeness (QED) is 0.243. The van der Waals surface area contributed by atoms with E-state index >= 15 is 0 Å². The van der Waals surface area contributed by atoms with Crippen LogP contribution in [0.15, 0.2) is 47.4 Å². The summed E-state index contributed by atoms with van der Waals surface area (Å²) in [7, 11) is -4.16. The van der Waals surface area contributed by atoms with Crippen LogP contribution in [0.5, 0.6) is 11.5 Å². The number of hydrogen-bond donors (Lipinski definition) is 1. The van der Waals surface area contributed by atoms with E-state index < -0.39 is 70.6 Å². The molecule has 0 bridgehead atoms. The highest BCUT2D eigenvalue weighted by Gasteiger charge is 2.30. The zero-order valence-electron chi connectivity index (χ0n) is 18.2. The number of esters is 1. The first-order valence-corrected chi connectivity index (χ1v) is 11.7. The molecule has 0 aromatic heterocycles. The second-order valence-corrected chi connectivity index (χ2v) is 9.39. The largest absolute Gasteiger partial charge is 0.456 e. The van der Waals surface area contributed by atoms with E-state index in [1.807, 2.05) is 0 Å². The van der Waals surface area contributed by atoms with E-state index in [1.165, 1.54) is 38.1 Å². The maximum atomic E-state index is 12.7. The number of alkyl halides is 4. The van der Waals surface area contributed by atoms with Crippen LogP contribution in [-0.4, -0.2) is 46.0 Å². The molecule has 0 aliphatic heterocycles. The number of hydrogen-bond acceptors (Lipinski definition) is 7. The zero-order valence-corrected chi connectivity index (χ0v) is 19.8. The van der Waals surface area contributed by atoms with Crippen molar-refractivity contribution >= 4 is 33.4 Å². The summed E-state index contributed by atoms with van der Waals surface area (Å²) in [6.45, 7) is -4.57. The molecule has 2 aromatic rings. The molecule has 0 spiro atoms. The first-order chi connectivity index (χ1) is 16.3. The summed E-state index contributed by atoms with van der Waals surface area (Å²) in [6.07, 6.45) is 0. The van der Waals surface area contributed by atoms with Gasteiger partial charge in [-0.3, -0.25) is 9.59 Å². The smallest absolute Gasteiger partial charge is 0.387 e. The van der Waals surface area contributed by atoms with Gasteiger partial charge in [-0.05, 0) is 42.3 Å². The minimum atomic E-state index is -4.16. The number of nitrogens with one attached hydrogen (secondary N) is 1. The molecule has 0 aliphatic rings. The Morgan fingerprint density at radius 1 is 0.971 bits per heavy atom. The van der Waals surface area contributed by atoms with E-state index in [0.717, 1.165) is 12.1 Å². The fraction of sp³-hybridized carbons (Fsp3) is 0.333. The highest BCUT2D eigenvalue weighted by Crippen LogP contribution is 2.28. The monoisotopic (exact) mass is 541 g/mol. The Balaban J connectivity index is 2.15. The van der Waals surface area contributed by atoms with Gasteiger partial charge in [0.1, 0.15) is 17.5 Å². The van der Waals surface area contributed by atoms with E-state index in [1.54, 1.807) is 0 Å². The second kappa shape index (κ2) is 12.2. The third kappa shape index (κ3) is 8.37. The van der Waals surface area contributed by atoms with Gasteiger partial charge in [-0.1, -0.05) is 25.4 Å². The zero-order chi connectivity index (χ0) is 26.3. The van der Waals surface area contributed by atoms with Gasteiger partial charge in [0.05, 0.1) is 10.5 Å². The van der Waals surface area contributed by atoms with Crippen molar-refractivity contribution in [3.05, 3.63) is 53.1 Å². The van der Waals surface area contributed by atoms with E-state index in [4.69, 9.17) is 16.3 Å². The molecule has 0 heterocycles. The maximum Gasteiger partial charge on any atom is 0.387 e. The molecule has 0 aliphatic carbocycles. The number of rotatable bonds is 12. The molecule has 1 atom stereocenters. The van der Waals surface area contributed by atoms with Gasteiger partial charge >= 0.3 is 19.2 Å². The molecule has 0 radical (unpaired) electrons. The minimum absolute atomic E-state index is 0.170. The lowest BCUT2D eigenvalue weighted by atomic mass is 10.1. The summed E-state index contributed by atoms with van der Waals surface area (Å²) in [5, 5.41) is 0.297. The summed E-state index contributed by atoms with van der Waals surface area (Å²) in [5.74, 6) is -4.05. The van der Waals surface area contributed by atoms with Gasteiger partial charge in [-0.2, -0.15) is 22.3 Å². The third-order valence-electron chi connectivity index (χ3n) is 4.37. The lowest BCUT2D eigenvalue weighted by Crippen LogP contribution is -2.45. The number of carbonyl (C=O) groups excluding carboxylic acids is 2. The molecule has 0 saturated carbocycles. The molecule has 0 fully saturated rings. The number of Topliss-reactive ketones (excluding diaryl/α,β-unsaturated/α-hetero) is 1.